The van der Waals surface area contributed by atoms with E-state index in [-0.39, 0.29) is 5.82 Å². The first-order valence-corrected chi connectivity index (χ1v) is 6.91. The van der Waals surface area contributed by atoms with Gasteiger partial charge in [-0.2, -0.15) is 0 Å². The molecule has 1 N–H and O–H groups in total. The first kappa shape index (κ1) is 13.5. The van der Waals surface area contributed by atoms with Crippen LogP contribution in [0.4, 0.5) is 4.39 Å². The highest BCUT2D eigenvalue weighted by molar-refractivity contribution is 14.1. The maximum atomic E-state index is 13.0. The quantitative estimate of drug-likeness (QED) is 0.829. The molecule has 0 fully saturated rings. The van der Waals surface area contributed by atoms with E-state index in [1.165, 1.54) is 12.1 Å². The molecule has 0 amide bonds. The van der Waals surface area contributed by atoms with Gasteiger partial charge in [0.25, 0.3) is 0 Å². The molecule has 0 bridgehead atoms. The molecule has 2 aromatic rings. The molecule has 0 spiro atoms. The molecule has 1 aromatic heterocycles. The second-order valence-electron chi connectivity index (χ2n) is 4.43. The number of nitrogens with one attached hydrogen (secondary N) is 1. The summed E-state index contributed by atoms with van der Waals surface area (Å²) in [5.41, 5.74) is 0.924. The van der Waals surface area contributed by atoms with E-state index in [1.807, 2.05) is 12.1 Å². The summed E-state index contributed by atoms with van der Waals surface area (Å²) in [6, 6.07) is 8.99. The van der Waals surface area contributed by atoms with Crippen molar-refractivity contribution < 1.29 is 8.81 Å². The number of rotatable bonds is 4. The van der Waals surface area contributed by atoms with E-state index in [2.05, 4.69) is 41.8 Å². The van der Waals surface area contributed by atoms with Gasteiger partial charge in [-0.15, -0.1) is 0 Å². The molecule has 0 aliphatic rings. The van der Waals surface area contributed by atoms with Crippen molar-refractivity contribution in [1.82, 2.24) is 5.32 Å². The van der Waals surface area contributed by atoms with E-state index >= 15 is 0 Å². The summed E-state index contributed by atoms with van der Waals surface area (Å²) < 4.78 is 19.6. The van der Waals surface area contributed by atoms with Gasteiger partial charge in [0.15, 0.2) is 0 Å². The molecular formula is C14H15FINO. The Morgan fingerprint density at radius 1 is 1.28 bits per heavy atom. The van der Waals surface area contributed by atoms with Crippen LogP contribution in [0.1, 0.15) is 19.6 Å². The maximum Gasteiger partial charge on any atom is 0.135 e. The Kier molecular flexibility index (Phi) is 4.40. The van der Waals surface area contributed by atoms with Crippen LogP contribution in [0.5, 0.6) is 0 Å². The lowest BCUT2D eigenvalue weighted by molar-refractivity contribution is 0.473. The molecule has 0 radical (unpaired) electrons. The van der Waals surface area contributed by atoms with Crippen molar-refractivity contribution in [3.05, 3.63) is 45.5 Å². The van der Waals surface area contributed by atoms with Crippen LogP contribution in [0.2, 0.25) is 0 Å². The van der Waals surface area contributed by atoms with Gasteiger partial charge in [-0.05, 0) is 52.9 Å². The first-order valence-electron chi connectivity index (χ1n) is 5.84. The molecular weight excluding hydrogens is 344 g/mol. The van der Waals surface area contributed by atoms with Crippen molar-refractivity contribution in [1.29, 1.82) is 0 Å². The van der Waals surface area contributed by atoms with Crippen LogP contribution in [0.25, 0.3) is 11.3 Å². The topological polar surface area (TPSA) is 25.2 Å². The molecule has 0 saturated carbocycles. The Labute approximate surface area is 120 Å². The fourth-order valence-corrected chi connectivity index (χ4v) is 2.35. The minimum atomic E-state index is -0.226. The van der Waals surface area contributed by atoms with Crippen molar-refractivity contribution in [3.63, 3.8) is 0 Å². The highest BCUT2D eigenvalue weighted by Gasteiger charge is 2.09. The van der Waals surface area contributed by atoms with Crippen LogP contribution in [-0.4, -0.2) is 6.04 Å². The fraction of sp³-hybridized carbons (Fsp3) is 0.286. The number of halogens is 2. The highest BCUT2D eigenvalue weighted by Crippen LogP contribution is 2.27. The standard InChI is InChI=1S/C14H15FINO/c1-9(2)17-8-11-4-6-14(18-11)12-5-3-10(15)7-13(12)16/h3-7,9,17H,8H2,1-2H3. The molecule has 18 heavy (non-hydrogen) atoms. The number of furan rings is 1. The van der Waals surface area contributed by atoms with Crippen LogP contribution in [0.3, 0.4) is 0 Å². The lowest BCUT2D eigenvalue weighted by atomic mass is 10.2. The first-order chi connectivity index (χ1) is 8.56. The molecule has 0 atom stereocenters. The lowest BCUT2D eigenvalue weighted by Gasteiger charge is -2.05. The Bertz CT molecular complexity index is 536. The van der Waals surface area contributed by atoms with E-state index in [0.717, 1.165) is 20.7 Å². The third-order valence-electron chi connectivity index (χ3n) is 2.54. The Balaban J connectivity index is 2.18. The molecule has 0 aliphatic heterocycles. The van der Waals surface area contributed by atoms with Gasteiger partial charge in [0, 0.05) is 15.2 Å². The predicted octanol–water partition coefficient (Wildman–Crippen LogP) is 4.19. The van der Waals surface area contributed by atoms with Crippen molar-refractivity contribution in [2.24, 2.45) is 0 Å². The number of hydrogen-bond donors (Lipinski definition) is 1. The Morgan fingerprint density at radius 3 is 2.72 bits per heavy atom. The largest absolute Gasteiger partial charge is 0.460 e. The Hall–Kier alpha value is -0.880. The second-order valence-corrected chi connectivity index (χ2v) is 5.59. The van der Waals surface area contributed by atoms with Crippen LogP contribution >= 0.6 is 22.6 Å². The molecule has 2 rings (SSSR count). The van der Waals surface area contributed by atoms with Crippen molar-refractivity contribution >= 4 is 22.6 Å². The minimum absolute atomic E-state index is 0.226. The van der Waals surface area contributed by atoms with Gasteiger partial charge >= 0.3 is 0 Å². The third kappa shape index (κ3) is 3.32. The molecule has 0 aliphatic carbocycles. The molecule has 0 unspecified atom stereocenters. The highest BCUT2D eigenvalue weighted by atomic mass is 127. The predicted molar refractivity (Wildman–Crippen MR) is 78.8 cm³/mol. The number of hydrogen-bond acceptors (Lipinski definition) is 2. The summed E-state index contributed by atoms with van der Waals surface area (Å²) in [7, 11) is 0. The normalized spacial score (nSPS) is 11.2. The van der Waals surface area contributed by atoms with Crippen LogP contribution in [0.15, 0.2) is 34.7 Å². The van der Waals surface area contributed by atoms with E-state index in [1.54, 1.807) is 6.07 Å². The molecule has 2 nitrogen and oxygen atoms in total. The molecule has 4 heteroatoms. The van der Waals surface area contributed by atoms with Gasteiger partial charge in [0.2, 0.25) is 0 Å². The average Bonchev–Trinajstić information content (AvgIpc) is 2.75. The molecule has 0 saturated heterocycles. The lowest BCUT2D eigenvalue weighted by Crippen LogP contribution is -2.21. The van der Waals surface area contributed by atoms with Gasteiger partial charge in [0.1, 0.15) is 17.3 Å². The average molecular weight is 359 g/mol. The molecule has 1 aromatic carbocycles. The van der Waals surface area contributed by atoms with Crippen LogP contribution < -0.4 is 5.32 Å². The second kappa shape index (κ2) is 5.84. The zero-order chi connectivity index (χ0) is 13.1. The Morgan fingerprint density at radius 2 is 2.06 bits per heavy atom. The van der Waals surface area contributed by atoms with E-state index < -0.39 is 0 Å². The summed E-state index contributed by atoms with van der Waals surface area (Å²) in [4.78, 5) is 0. The summed E-state index contributed by atoms with van der Waals surface area (Å²) in [6.45, 7) is 4.88. The van der Waals surface area contributed by atoms with Gasteiger partial charge in [0.05, 0.1) is 6.54 Å². The fourth-order valence-electron chi connectivity index (χ4n) is 1.61. The summed E-state index contributed by atoms with van der Waals surface area (Å²) in [6.07, 6.45) is 0. The maximum absolute atomic E-state index is 13.0. The van der Waals surface area contributed by atoms with Crippen molar-refractivity contribution in [2.75, 3.05) is 0 Å². The monoisotopic (exact) mass is 359 g/mol. The van der Waals surface area contributed by atoms with E-state index in [4.69, 9.17) is 4.42 Å². The van der Waals surface area contributed by atoms with Crippen molar-refractivity contribution in [2.45, 2.75) is 26.4 Å². The SMILES string of the molecule is CC(C)NCc1ccc(-c2ccc(F)cc2I)o1. The van der Waals surface area contributed by atoms with Crippen molar-refractivity contribution in [3.8, 4) is 11.3 Å². The summed E-state index contributed by atoms with van der Waals surface area (Å²) >= 11 is 2.12. The molecule has 96 valence electrons. The summed E-state index contributed by atoms with van der Waals surface area (Å²) in [5, 5.41) is 3.29. The van der Waals surface area contributed by atoms with Gasteiger partial charge < -0.3 is 9.73 Å². The zero-order valence-electron chi connectivity index (χ0n) is 10.3. The van der Waals surface area contributed by atoms with Crippen LogP contribution in [-0.2, 0) is 6.54 Å². The summed E-state index contributed by atoms with van der Waals surface area (Å²) in [5.74, 6) is 1.44. The smallest absolute Gasteiger partial charge is 0.135 e. The van der Waals surface area contributed by atoms with Gasteiger partial charge in [-0.25, -0.2) is 4.39 Å². The van der Waals surface area contributed by atoms with Gasteiger partial charge in [-0.1, -0.05) is 13.8 Å². The van der Waals surface area contributed by atoms with Crippen LogP contribution in [0, 0.1) is 9.39 Å². The van der Waals surface area contributed by atoms with E-state index in [0.29, 0.717) is 12.6 Å². The minimum Gasteiger partial charge on any atom is -0.460 e. The van der Waals surface area contributed by atoms with Gasteiger partial charge in [-0.3, -0.25) is 0 Å². The zero-order valence-corrected chi connectivity index (χ0v) is 12.5. The number of benzene rings is 1. The molecule has 1 heterocycles. The third-order valence-corrected chi connectivity index (χ3v) is 3.44. The van der Waals surface area contributed by atoms with E-state index in [9.17, 15) is 4.39 Å².